The lowest BCUT2D eigenvalue weighted by atomic mass is 9.95. The van der Waals surface area contributed by atoms with Gasteiger partial charge in [-0.05, 0) is 57.2 Å². The van der Waals surface area contributed by atoms with Crippen molar-refractivity contribution in [2.24, 2.45) is 0 Å². The molecular weight excluding hydrogens is 486 g/mol. The first kappa shape index (κ1) is 28.7. The van der Waals surface area contributed by atoms with Crippen LogP contribution in [0.15, 0.2) is 48.5 Å². The van der Waals surface area contributed by atoms with Crippen molar-refractivity contribution in [2.45, 2.75) is 84.3 Å². The van der Waals surface area contributed by atoms with Gasteiger partial charge in [0.1, 0.15) is 6.04 Å². The van der Waals surface area contributed by atoms with Crippen LogP contribution in [0.4, 0.5) is 5.69 Å². The summed E-state index contributed by atoms with van der Waals surface area (Å²) in [6.07, 6.45) is 7.06. The fourth-order valence-corrected chi connectivity index (χ4v) is 6.01. The zero-order chi connectivity index (χ0) is 27.0. The molecule has 1 N–H and O–H groups in total. The Hall–Kier alpha value is -2.87. The van der Waals surface area contributed by atoms with E-state index in [4.69, 9.17) is 0 Å². The van der Waals surface area contributed by atoms with Gasteiger partial charge in [-0.3, -0.25) is 13.9 Å². The van der Waals surface area contributed by atoms with Crippen LogP contribution in [-0.4, -0.2) is 50.0 Å². The molecule has 1 atom stereocenters. The molecule has 3 rings (SSSR count). The summed E-state index contributed by atoms with van der Waals surface area (Å²) in [5.74, 6) is -0.295. The lowest BCUT2D eigenvalue weighted by Crippen LogP contribution is -2.50. The summed E-state index contributed by atoms with van der Waals surface area (Å²) >= 11 is 0. The van der Waals surface area contributed by atoms with Crippen molar-refractivity contribution in [3.8, 4) is 0 Å². The third-order valence-electron chi connectivity index (χ3n) is 7.09. The predicted molar refractivity (Wildman–Crippen MR) is 149 cm³/mol. The summed E-state index contributed by atoms with van der Waals surface area (Å²) in [5, 5.41) is 3.15. The second-order valence-corrected chi connectivity index (χ2v) is 12.2. The van der Waals surface area contributed by atoms with Gasteiger partial charge in [0.25, 0.3) is 0 Å². The van der Waals surface area contributed by atoms with Gasteiger partial charge in [0, 0.05) is 25.6 Å². The van der Waals surface area contributed by atoms with Gasteiger partial charge < -0.3 is 10.2 Å². The lowest BCUT2D eigenvalue weighted by molar-refractivity contribution is -0.141. The maximum atomic E-state index is 13.5. The van der Waals surface area contributed by atoms with Crippen molar-refractivity contribution in [3.63, 3.8) is 0 Å². The number of hydrogen-bond donors (Lipinski definition) is 1. The molecule has 0 radical (unpaired) electrons. The molecule has 0 aliphatic heterocycles. The Morgan fingerprint density at radius 3 is 2.38 bits per heavy atom. The molecule has 2 amide bonds. The zero-order valence-electron chi connectivity index (χ0n) is 22.6. The zero-order valence-corrected chi connectivity index (χ0v) is 23.4. The van der Waals surface area contributed by atoms with Crippen LogP contribution >= 0.6 is 0 Å². The van der Waals surface area contributed by atoms with E-state index in [-0.39, 0.29) is 30.8 Å². The highest BCUT2D eigenvalue weighted by Gasteiger charge is 2.28. The summed E-state index contributed by atoms with van der Waals surface area (Å²) in [6.45, 7) is 6.17. The standard InChI is InChI=1S/C29H41N3O4S/c1-22-12-10-14-25(20-22)21-31(24(3)29(34)30-26-15-6-5-7-16-26)28(33)18-11-19-32(37(4,35)36)27-17-9-8-13-23(27)2/h8-10,12-14,17,20,24,26H,5-7,11,15-16,18-19,21H2,1-4H3,(H,30,34)/t24-/m1/s1. The predicted octanol–water partition coefficient (Wildman–Crippen LogP) is 4.72. The molecule has 0 saturated heterocycles. The molecule has 1 fully saturated rings. The van der Waals surface area contributed by atoms with Crippen LogP contribution in [-0.2, 0) is 26.2 Å². The van der Waals surface area contributed by atoms with Crippen LogP contribution in [0.1, 0.15) is 68.6 Å². The number of nitrogens with zero attached hydrogens (tertiary/aromatic N) is 2. The minimum absolute atomic E-state index is 0.134. The Bertz CT molecular complexity index is 1180. The minimum atomic E-state index is -3.51. The van der Waals surface area contributed by atoms with E-state index in [0.29, 0.717) is 18.7 Å². The molecule has 202 valence electrons. The average Bonchev–Trinajstić information content (AvgIpc) is 2.85. The Morgan fingerprint density at radius 1 is 1.03 bits per heavy atom. The maximum absolute atomic E-state index is 13.5. The fourth-order valence-electron chi connectivity index (χ4n) is 4.98. The van der Waals surface area contributed by atoms with Crippen LogP contribution in [0.25, 0.3) is 0 Å². The van der Waals surface area contributed by atoms with Crippen LogP contribution in [0, 0.1) is 13.8 Å². The minimum Gasteiger partial charge on any atom is -0.352 e. The molecule has 8 heteroatoms. The van der Waals surface area contributed by atoms with Crippen LogP contribution in [0.2, 0.25) is 0 Å². The van der Waals surface area contributed by atoms with Crippen molar-refractivity contribution in [1.29, 1.82) is 0 Å². The van der Waals surface area contributed by atoms with E-state index in [1.807, 2.05) is 56.3 Å². The fraction of sp³-hybridized carbons (Fsp3) is 0.517. The van der Waals surface area contributed by atoms with Crippen molar-refractivity contribution in [3.05, 3.63) is 65.2 Å². The third-order valence-corrected chi connectivity index (χ3v) is 8.27. The Kier molecular flexibility index (Phi) is 10.1. The monoisotopic (exact) mass is 527 g/mol. The summed E-state index contributed by atoms with van der Waals surface area (Å²) < 4.78 is 26.4. The highest BCUT2D eigenvalue weighted by Crippen LogP contribution is 2.23. The normalized spacial score (nSPS) is 15.1. The highest BCUT2D eigenvalue weighted by molar-refractivity contribution is 7.92. The largest absolute Gasteiger partial charge is 0.352 e. The van der Waals surface area contributed by atoms with Gasteiger partial charge in [0.15, 0.2) is 0 Å². The molecule has 37 heavy (non-hydrogen) atoms. The Morgan fingerprint density at radius 2 is 1.73 bits per heavy atom. The van der Waals surface area contributed by atoms with E-state index in [1.165, 1.54) is 17.0 Å². The lowest BCUT2D eigenvalue weighted by Gasteiger charge is -2.31. The van der Waals surface area contributed by atoms with E-state index >= 15 is 0 Å². The highest BCUT2D eigenvalue weighted by atomic mass is 32.2. The molecule has 0 unspecified atom stereocenters. The molecule has 1 aliphatic rings. The summed E-state index contributed by atoms with van der Waals surface area (Å²) in [6, 6.07) is 14.8. The Labute approximate surface area is 222 Å². The molecular formula is C29H41N3O4S. The molecule has 2 aromatic rings. The Balaban J connectivity index is 1.72. The summed E-state index contributed by atoms with van der Waals surface area (Å²) in [7, 11) is -3.51. The second-order valence-electron chi connectivity index (χ2n) is 10.3. The first-order valence-electron chi connectivity index (χ1n) is 13.2. The molecule has 1 saturated carbocycles. The molecule has 0 aromatic heterocycles. The van der Waals surface area contributed by atoms with E-state index in [0.717, 1.165) is 42.4 Å². The average molecular weight is 528 g/mol. The van der Waals surface area contributed by atoms with E-state index in [1.54, 1.807) is 17.9 Å². The number of anilines is 1. The van der Waals surface area contributed by atoms with Crippen LogP contribution in [0.3, 0.4) is 0 Å². The van der Waals surface area contributed by atoms with E-state index < -0.39 is 16.1 Å². The van der Waals surface area contributed by atoms with Gasteiger partial charge in [-0.2, -0.15) is 0 Å². The number of carbonyl (C=O) groups is 2. The summed E-state index contributed by atoms with van der Waals surface area (Å²) in [4.78, 5) is 28.3. The number of nitrogens with one attached hydrogen (secondary N) is 1. The number of hydrogen-bond acceptors (Lipinski definition) is 4. The number of aryl methyl sites for hydroxylation is 2. The van der Waals surface area contributed by atoms with Crippen molar-refractivity contribution >= 4 is 27.5 Å². The number of carbonyl (C=O) groups excluding carboxylic acids is 2. The molecule has 7 nitrogen and oxygen atoms in total. The van der Waals surface area contributed by atoms with Crippen LogP contribution in [0.5, 0.6) is 0 Å². The smallest absolute Gasteiger partial charge is 0.242 e. The topological polar surface area (TPSA) is 86.8 Å². The van der Waals surface area contributed by atoms with E-state index in [9.17, 15) is 18.0 Å². The van der Waals surface area contributed by atoms with Gasteiger partial charge in [0.05, 0.1) is 11.9 Å². The number of para-hydroxylation sites is 1. The first-order valence-corrected chi connectivity index (χ1v) is 15.1. The van der Waals surface area contributed by atoms with Gasteiger partial charge in [-0.25, -0.2) is 8.42 Å². The quantitative estimate of drug-likeness (QED) is 0.458. The second kappa shape index (κ2) is 13.1. The molecule has 0 heterocycles. The van der Waals surface area contributed by atoms with Crippen molar-refractivity contribution in [2.75, 3.05) is 17.1 Å². The molecule has 2 aromatic carbocycles. The number of rotatable bonds is 11. The SMILES string of the molecule is Cc1cccc(CN(C(=O)CCCN(c2ccccc2C)S(C)(=O)=O)[C@H](C)C(=O)NC2CCCCC2)c1. The van der Waals surface area contributed by atoms with Crippen LogP contribution < -0.4 is 9.62 Å². The van der Waals surface area contributed by atoms with Crippen molar-refractivity contribution in [1.82, 2.24) is 10.2 Å². The van der Waals surface area contributed by atoms with Gasteiger partial charge in [-0.1, -0.05) is 67.3 Å². The summed E-state index contributed by atoms with van der Waals surface area (Å²) in [5.41, 5.74) is 3.53. The third kappa shape index (κ3) is 8.32. The van der Waals surface area contributed by atoms with Crippen molar-refractivity contribution < 1.29 is 18.0 Å². The number of amides is 2. The van der Waals surface area contributed by atoms with Gasteiger partial charge in [0.2, 0.25) is 21.8 Å². The van der Waals surface area contributed by atoms with Gasteiger partial charge >= 0.3 is 0 Å². The number of sulfonamides is 1. The molecule has 0 bridgehead atoms. The van der Waals surface area contributed by atoms with Gasteiger partial charge in [-0.15, -0.1) is 0 Å². The molecule has 0 spiro atoms. The van der Waals surface area contributed by atoms with E-state index in [2.05, 4.69) is 5.32 Å². The number of benzene rings is 2. The first-order chi connectivity index (χ1) is 17.6. The molecule has 1 aliphatic carbocycles. The maximum Gasteiger partial charge on any atom is 0.242 e.